The molecule has 0 unspecified atom stereocenters. The van der Waals surface area contributed by atoms with Gasteiger partial charge in [-0.15, -0.1) is 13.2 Å². The third kappa shape index (κ3) is 4.43. The van der Waals surface area contributed by atoms with E-state index in [-0.39, 0.29) is 11.4 Å². The van der Waals surface area contributed by atoms with Crippen LogP contribution in [0.2, 0.25) is 0 Å². The van der Waals surface area contributed by atoms with Gasteiger partial charge < -0.3 is 14.8 Å². The number of fused-ring (bicyclic) bond motifs is 1. The van der Waals surface area contributed by atoms with E-state index < -0.39 is 12.3 Å². The Morgan fingerprint density at radius 1 is 1.16 bits per heavy atom. The Hall–Kier alpha value is -4.22. The van der Waals surface area contributed by atoms with Crippen molar-refractivity contribution >= 4 is 11.6 Å². The Balaban J connectivity index is 1.66. The number of hydrazine groups is 1. The van der Waals surface area contributed by atoms with Crippen molar-refractivity contribution in [1.29, 1.82) is 0 Å². The van der Waals surface area contributed by atoms with Crippen LogP contribution in [0.4, 0.5) is 13.2 Å². The summed E-state index contributed by atoms with van der Waals surface area (Å²) in [4.78, 5) is 17.2. The molecule has 12 heteroatoms. The lowest BCUT2D eigenvalue weighted by atomic mass is 10.1. The van der Waals surface area contributed by atoms with Crippen molar-refractivity contribution in [3.63, 3.8) is 0 Å². The van der Waals surface area contributed by atoms with Gasteiger partial charge in [-0.05, 0) is 37.3 Å². The summed E-state index contributed by atoms with van der Waals surface area (Å²) in [6.07, 6.45) is -1.57. The standard InChI is InChI=1S/C20H17F3N6O3/c1-11-18(19(30)25-15-7-9-17(31-2)27-26-15)29-16(24-11)8-6-14(28-29)12-4-3-5-13(10-12)32-20(21,22)23/h3-10,26-27H,1-2H3,(H,25,30). The molecule has 1 aromatic carbocycles. The number of nitrogens with zero attached hydrogens (tertiary/aromatic N) is 3. The molecule has 0 spiro atoms. The second-order valence-electron chi connectivity index (χ2n) is 6.63. The second-order valence-corrected chi connectivity index (χ2v) is 6.63. The molecule has 0 saturated heterocycles. The number of amides is 1. The molecule has 2 aromatic heterocycles. The van der Waals surface area contributed by atoms with Gasteiger partial charge in [-0.2, -0.15) is 5.10 Å². The second kappa shape index (κ2) is 8.13. The van der Waals surface area contributed by atoms with E-state index >= 15 is 0 Å². The highest BCUT2D eigenvalue weighted by Crippen LogP contribution is 2.27. The van der Waals surface area contributed by atoms with Gasteiger partial charge in [0.1, 0.15) is 11.6 Å². The molecule has 1 aliphatic rings. The molecule has 0 fully saturated rings. The van der Waals surface area contributed by atoms with Gasteiger partial charge in [-0.1, -0.05) is 12.1 Å². The SMILES string of the molecule is COC1=CC=C(NC(=O)c2c(C)nc3ccc(-c4cccc(OC(F)(F)F)c4)nn23)NN1. The number of benzene rings is 1. The molecule has 3 N–H and O–H groups in total. The van der Waals surface area contributed by atoms with Crippen LogP contribution in [-0.2, 0) is 4.74 Å². The third-order valence-corrected chi connectivity index (χ3v) is 4.42. The van der Waals surface area contributed by atoms with Crippen molar-refractivity contribution in [2.45, 2.75) is 13.3 Å². The average molecular weight is 446 g/mol. The monoisotopic (exact) mass is 446 g/mol. The summed E-state index contributed by atoms with van der Waals surface area (Å²) in [6, 6.07) is 8.64. The molecule has 3 aromatic rings. The Morgan fingerprint density at radius 3 is 2.66 bits per heavy atom. The molecule has 32 heavy (non-hydrogen) atoms. The minimum absolute atomic E-state index is 0.175. The molecule has 4 rings (SSSR count). The number of methoxy groups -OCH3 is 1. The highest BCUT2D eigenvalue weighted by molar-refractivity contribution is 5.95. The Morgan fingerprint density at radius 2 is 1.97 bits per heavy atom. The van der Waals surface area contributed by atoms with Gasteiger partial charge in [0.25, 0.3) is 5.91 Å². The van der Waals surface area contributed by atoms with E-state index in [1.165, 1.54) is 29.8 Å². The first kappa shape index (κ1) is 21.0. The molecule has 1 aliphatic heterocycles. The number of aryl methyl sites for hydroxylation is 1. The highest BCUT2D eigenvalue weighted by atomic mass is 19.4. The lowest BCUT2D eigenvalue weighted by Crippen LogP contribution is -2.41. The topological polar surface area (TPSA) is 102 Å². The first-order valence-electron chi connectivity index (χ1n) is 9.25. The summed E-state index contributed by atoms with van der Waals surface area (Å²) in [5.74, 6) is -0.0121. The van der Waals surface area contributed by atoms with Gasteiger partial charge in [-0.25, -0.2) is 9.50 Å². The number of imidazole rings is 1. The average Bonchev–Trinajstić information content (AvgIpc) is 3.08. The van der Waals surface area contributed by atoms with Crippen LogP contribution in [0.5, 0.6) is 5.75 Å². The van der Waals surface area contributed by atoms with Crippen LogP contribution in [0.1, 0.15) is 16.2 Å². The fourth-order valence-corrected chi connectivity index (χ4v) is 3.06. The number of ether oxygens (including phenoxy) is 2. The van der Waals surface area contributed by atoms with E-state index in [1.807, 2.05) is 0 Å². The Kier molecular flexibility index (Phi) is 5.34. The van der Waals surface area contributed by atoms with Crippen LogP contribution >= 0.6 is 0 Å². The molecule has 0 bridgehead atoms. The number of halogens is 3. The summed E-state index contributed by atoms with van der Waals surface area (Å²) >= 11 is 0. The molecule has 3 heterocycles. The first-order chi connectivity index (χ1) is 15.2. The normalized spacial score (nSPS) is 13.5. The van der Waals surface area contributed by atoms with Crippen LogP contribution in [0, 0.1) is 6.92 Å². The van der Waals surface area contributed by atoms with Gasteiger partial charge in [0.05, 0.1) is 18.5 Å². The van der Waals surface area contributed by atoms with Crippen LogP contribution in [0.3, 0.4) is 0 Å². The number of hydrogen-bond donors (Lipinski definition) is 3. The number of alkyl halides is 3. The molecule has 0 saturated carbocycles. The smallest absolute Gasteiger partial charge is 0.481 e. The Bertz CT molecular complexity index is 1250. The van der Waals surface area contributed by atoms with Crippen molar-refractivity contribution in [2.75, 3.05) is 7.11 Å². The van der Waals surface area contributed by atoms with Crippen LogP contribution in [0.25, 0.3) is 16.9 Å². The fourth-order valence-electron chi connectivity index (χ4n) is 3.06. The molecule has 0 aliphatic carbocycles. The zero-order valence-electron chi connectivity index (χ0n) is 16.8. The summed E-state index contributed by atoms with van der Waals surface area (Å²) in [5, 5.41) is 7.11. The maximum absolute atomic E-state index is 12.9. The lowest BCUT2D eigenvalue weighted by Gasteiger charge is -2.18. The van der Waals surface area contributed by atoms with Gasteiger partial charge in [0, 0.05) is 11.6 Å². The van der Waals surface area contributed by atoms with Crippen LogP contribution in [-0.4, -0.2) is 34.0 Å². The summed E-state index contributed by atoms with van der Waals surface area (Å²) in [6.45, 7) is 1.66. The van der Waals surface area contributed by atoms with Crippen molar-refractivity contribution in [1.82, 2.24) is 30.8 Å². The molecule has 166 valence electrons. The summed E-state index contributed by atoms with van der Waals surface area (Å²) in [5.41, 5.74) is 7.25. The van der Waals surface area contributed by atoms with Crippen LogP contribution < -0.4 is 20.9 Å². The highest BCUT2D eigenvalue weighted by Gasteiger charge is 2.31. The van der Waals surface area contributed by atoms with E-state index in [1.54, 1.807) is 37.3 Å². The fraction of sp³-hybridized carbons (Fsp3) is 0.150. The van der Waals surface area contributed by atoms with E-state index in [0.29, 0.717) is 34.3 Å². The van der Waals surface area contributed by atoms with Gasteiger partial charge in [-0.3, -0.25) is 15.6 Å². The largest absolute Gasteiger partial charge is 0.573 e. The molecular formula is C20H17F3N6O3. The van der Waals surface area contributed by atoms with Crippen molar-refractivity contribution < 1.29 is 27.4 Å². The van der Waals surface area contributed by atoms with Crippen molar-refractivity contribution in [3.05, 3.63) is 71.6 Å². The lowest BCUT2D eigenvalue weighted by molar-refractivity contribution is -0.274. The predicted octanol–water partition coefficient (Wildman–Crippen LogP) is 2.77. The molecule has 9 nitrogen and oxygen atoms in total. The number of hydrogen-bond acceptors (Lipinski definition) is 7. The predicted molar refractivity (Wildman–Crippen MR) is 107 cm³/mol. The van der Waals surface area contributed by atoms with E-state index in [0.717, 1.165) is 0 Å². The molecule has 0 atom stereocenters. The number of rotatable bonds is 5. The zero-order chi connectivity index (χ0) is 22.9. The van der Waals surface area contributed by atoms with E-state index in [9.17, 15) is 18.0 Å². The van der Waals surface area contributed by atoms with Gasteiger partial charge in [0.15, 0.2) is 11.3 Å². The quantitative estimate of drug-likeness (QED) is 0.554. The van der Waals surface area contributed by atoms with E-state index in [2.05, 4.69) is 31.0 Å². The molecular weight excluding hydrogens is 429 g/mol. The Labute approximate surface area is 179 Å². The number of carbonyl (C=O) groups excluding carboxylic acids is 1. The van der Waals surface area contributed by atoms with Crippen molar-refractivity contribution in [2.24, 2.45) is 0 Å². The van der Waals surface area contributed by atoms with Gasteiger partial charge >= 0.3 is 6.36 Å². The van der Waals surface area contributed by atoms with E-state index in [4.69, 9.17) is 4.74 Å². The maximum Gasteiger partial charge on any atom is 0.573 e. The third-order valence-electron chi connectivity index (χ3n) is 4.42. The van der Waals surface area contributed by atoms with Gasteiger partial charge in [0.2, 0.25) is 5.88 Å². The van der Waals surface area contributed by atoms with Crippen LogP contribution in [0.15, 0.2) is 60.3 Å². The molecule has 0 radical (unpaired) electrons. The molecule has 1 amide bonds. The summed E-state index contributed by atoms with van der Waals surface area (Å²) < 4.78 is 48.0. The summed E-state index contributed by atoms with van der Waals surface area (Å²) in [7, 11) is 1.49. The number of allylic oxidation sites excluding steroid dienone is 2. The zero-order valence-corrected chi connectivity index (χ0v) is 16.8. The number of nitrogens with one attached hydrogen (secondary N) is 3. The minimum Gasteiger partial charge on any atom is -0.481 e. The maximum atomic E-state index is 12.9. The van der Waals surface area contributed by atoms with Crippen molar-refractivity contribution in [3.8, 4) is 17.0 Å². The first-order valence-corrected chi connectivity index (χ1v) is 9.25. The number of carbonyl (C=O) groups is 1. The number of aromatic nitrogens is 3. The minimum atomic E-state index is -4.81.